The molecule has 4 nitrogen and oxygen atoms in total. The van der Waals surface area contributed by atoms with Gasteiger partial charge in [-0.25, -0.2) is 0 Å². The van der Waals surface area contributed by atoms with Gasteiger partial charge in [-0.1, -0.05) is 36.4 Å². The normalized spacial score (nSPS) is 19.0. The van der Waals surface area contributed by atoms with Crippen molar-refractivity contribution in [2.24, 2.45) is 11.8 Å². The highest BCUT2D eigenvalue weighted by molar-refractivity contribution is 9.28. The number of para-hydroxylation sites is 1. The van der Waals surface area contributed by atoms with Gasteiger partial charge in [0.05, 0.1) is 9.31 Å². The minimum absolute atomic E-state index is 0.142. The third-order valence-corrected chi connectivity index (χ3v) is 4.50. The number of hydrogen-bond acceptors (Lipinski definition) is 4. The summed E-state index contributed by atoms with van der Waals surface area (Å²) in [6.07, 6.45) is 1.69. The van der Waals surface area contributed by atoms with Crippen molar-refractivity contribution in [1.29, 1.82) is 5.26 Å². The smallest absolute Gasteiger partial charge is 0.311 e. The summed E-state index contributed by atoms with van der Waals surface area (Å²) in [6.45, 7) is 0. The van der Waals surface area contributed by atoms with Gasteiger partial charge in [-0.15, -0.1) is 0 Å². The molecule has 3 rings (SSSR count). The van der Waals surface area contributed by atoms with E-state index >= 15 is 0 Å². The Hall–Kier alpha value is -2.10. The van der Waals surface area contributed by atoms with Crippen LogP contribution in [0.2, 0.25) is 0 Å². The summed E-state index contributed by atoms with van der Waals surface area (Å²) < 4.78 is 12.0. The number of ether oxygens (including phenoxy) is 2. The van der Waals surface area contributed by atoms with Crippen molar-refractivity contribution in [3.05, 3.63) is 69.6 Å². The molecule has 3 atom stereocenters. The summed E-state index contributed by atoms with van der Waals surface area (Å²) in [5.41, 5.74) is 0.587. The molecule has 0 radical (unpaired) electrons. The monoisotopic (exact) mass is 475 g/mol. The second-order valence-electron chi connectivity index (χ2n) is 5.90. The zero-order valence-electron chi connectivity index (χ0n) is 13.6. The topological polar surface area (TPSA) is 59.3 Å². The van der Waals surface area contributed by atoms with E-state index in [1.165, 1.54) is 0 Å². The van der Waals surface area contributed by atoms with Crippen molar-refractivity contribution in [3.8, 4) is 17.6 Å². The van der Waals surface area contributed by atoms with Gasteiger partial charge in [-0.2, -0.15) is 5.26 Å². The van der Waals surface area contributed by atoms with Gasteiger partial charge in [0.2, 0.25) is 6.10 Å². The van der Waals surface area contributed by atoms with E-state index < -0.39 is 6.10 Å². The van der Waals surface area contributed by atoms with Crippen LogP contribution in [-0.4, -0.2) is 5.97 Å². The third kappa shape index (κ3) is 4.96. The summed E-state index contributed by atoms with van der Waals surface area (Å²) in [5, 5.41) is 9.43. The summed E-state index contributed by atoms with van der Waals surface area (Å²) in [7, 11) is 0. The fourth-order valence-corrected chi connectivity index (χ4v) is 3.25. The molecular weight excluding hydrogens is 462 g/mol. The largest absolute Gasteiger partial charge is 0.457 e. The van der Waals surface area contributed by atoms with E-state index in [1.807, 2.05) is 42.5 Å². The Labute approximate surface area is 168 Å². The number of allylic oxidation sites excluding steroid dienone is 1. The Bertz CT molecular complexity index is 857. The van der Waals surface area contributed by atoms with Crippen molar-refractivity contribution in [1.82, 2.24) is 0 Å². The summed E-state index contributed by atoms with van der Waals surface area (Å²) >= 11 is 6.57. The molecule has 1 aliphatic rings. The number of hydrogen-bond donors (Lipinski definition) is 0. The predicted octanol–water partition coefficient (Wildman–Crippen LogP) is 5.85. The first-order valence-electron chi connectivity index (χ1n) is 8.02. The lowest BCUT2D eigenvalue weighted by molar-refractivity contribution is -0.148. The number of halogens is 2. The Morgan fingerprint density at radius 1 is 1.15 bits per heavy atom. The number of esters is 1. The number of benzene rings is 2. The highest BCUT2D eigenvalue weighted by Gasteiger charge is 2.43. The first kappa shape index (κ1) is 18.7. The van der Waals surface area contributed by atoms with E-state index in [0.29, 0.717) is 17.1 Å². The second kappa shape index (κ2) is 8.52. The van der Waals surface area contributed by atoms with Crippen molar-refractivity contribution in [3.63, 3.8) is 0 Å². The average Bonchev–Trinajstić information content (AvgIpc) is 3.39. The number of carbonyl (C=O) groups excluding carboxylic acids is 1. The SMILES string of the molecule is N#CC(OC(=O)C1CC1C=C(Br)Br)c1cccc(Oc2ccccc2)c1. The van der Waals surface area contributed by atoms with Gasteiger partial charge >= 0.3 is 5.97 Å². The molecule has 0 aromatic heterocycles. The molecule has 0 amide bonds. The summed E-state index contributed by atoms with van der Waals surface area (Å²) in [6, 6.07) is 18.4. The van der Waals surface area contributed by atoms with Crippen molar-refractivity contribution in [2.75, 3.05) is 0 Å². The lowest BCUT2D eigenvalue weighted by Gasteiger charge is -2.13. The summed E-state index contributed by atoms with van der Waals surface area (Å²) in [4.78, 5) is 12.3. The molecule has 3 unspecified atom stereocenters. The zero-order chi connectivity index (χ0) is 18.5. The van der Waals surface area contributed by atoms with Crippen molar-refractivity contribution >= 4 is 37.8 Å². The van der Waals surface area contributed by atoms with Crippen LogP contribution in [0.25, 0.3) is 0 Å². The molecule has 0 aliphatic heterocycles. The Morgan fingerprint density at radius 3 is 2.58 bits per heavy atom. The van der Waals surface area contributed by atoms with Gasteiger partial charge in [0.25, 0.3) is 0 Å². The number of nitriles is 1. The molecule has 1 fully saturated rings. The van der Waals surface area contributed by atoms with Crippen LogP contribution in [-0.2, 0) is 9.53 Å². The van der Waals surface area contributed by atoms with Gasteiger partial charge in [0, 0.05) is 5.56 Å². The molecule has 2 aromatic carbocycles. The first-order valence-corrected chi connectivity index (χ1v) is 9.61. The molecule has 0 N–H and O–H groups in total. The number of carbonyl (C=O) groups is 1. The van der Waals surface area contributed by atoms with Crippen molar-refractivity contribution in [2.45, 2.75) is 12.5 Å². The van der Waals surface area contributed by atoms with Gasteiger partial charge in [0.1, 0.15) is 17.6 Å². The van der Waals surface area contributed by atoms with Crippen LogP contribution in [0, 0.1) is 23.2 Å². The molecule has 132 valence electrons. The van der Waals surface area contributed by atoms with Gasteiger partial charge in [-0.3, -0.25) is 4.79 Å². The molecule has 0 bridgehead atoms. The maximum Gasteiger partial charge on any atom is 0.311 e. The number of nitrogens with zero attached hydrogens (tertiary/aromatic N) is 1. The van der Waals surface area contributed by atoms with Crippen LogP contribution >= 0.6 is 31.9 Å². The highest BCUT2D eigenvalue weighted by atomic mass is 79.9. The average molecular weight is 477 g/mol. The Balaban J connectivity index is 1.67. The van der Waals surface area contributed by atoms with Crippen molar-refractivity contribution < 1.29 is 14.3 Å². The third-order valence-electron chi connectivity index (χ3n) is 3.97. The molecular formula is C20H15Br2NO3. The summed E-state index contributed by atoms with van der Waals surface area (Å²) in [5.74, 6) is 0.875. The lowest BCUT2D eigenvalue weighted by Crippen LogP contribution is -2.12. The molecule has 6 heteroatoms. The minimum Gasteiger partial charge on any atom is -0.457 e. The second-order valence-corrected chi connectivity index (χ2v) is 8.67. The van der Waals surface area contributed by atoms with E-state index in [1.54, 1.807) is 24.3 Å². The van der Waals surface area contributed by atoms with E-state index in [9.17, 15) is 10.1 Å². The van der Waals surface area contributed by atoms with Gasteiger partial charge in [0.15, 0.2) is 0 Å². The van der Waals surface area contributed by atoms with Crippen LogP contribution in [0.5, 0.6) is 11.5 Å². The molecule has 26 heavy (non-hydrogen) atoms. The molecule has 1 aliphatic carbocycles. The van der Waals surface area contributed by atoms with E-state index in [2.05, 4.69) is 31.9 Å². The van der Waals surface area contributed by atoms with Crippen LogP contribution < -0.4 is 4.74 Å². The predicted molar refractivity (Wildman–Crippen MR) is 105 cm³/mol. The minimum atomic E-state index is -0.959. The fraction of sp³-hybridized carbons (Fsp3) is 0.200. The molecule has 2 aromatic rings. The standard InChI is InChI=1S/C20H15Br2NO3/c21-19(22)11-14-10-17(14)20(24)26-18(12-23)13-5-4-8-16(9-13)25-15-6-2-1-3-7-15/h1-9,11,14,17-18H,10H2. The Kier molecular flexibility index (Phi) is 6.12. The first-order chi connectivity index (χ1) is 12.6. The quantitative estimate of drug-likeness (QED) is 0.490. The molecule has 0 heterocycles. The van der Waals surface area contributed by atoms with Gasteiger partial charge in [-0.05, 0) is 68.5 Å². The molecule has 0 spiro atoms. The van der Waals surface area contributed by atoms with E-state index in [-0.39, 0.29) is 17.8 Å². The zero-order valence-corrected chi connectivity index (χ0v) is 16.8. The van der Waals surface area contributed by atoms with Gasteiger partial charge < -0.3 is 9.47 Å². The molecule has 1 saturated carbocycles. The van der Waals surface area contributed by atoms with Crippen LogP contribution in [0.4, 0.5) is 0 Å². The maximum absolute atomic E-state index is 12.3. The Morgan fingerprint density at radius 2 is 1.88 bits per heavy atom. The van der Waals surface area contributed by atoms with Crippen LogP contribution in [0.15, 0.2) is 64.1 Å². The fourth-order valence-electron chi connectivity index (χ4n) is 2.57. The van der Waals surface area contributed by atoms with E-state index in [0.717, 1.165) is 9.81 Å². The van der Waals surface area contributed by atoms with E-state index in [4.69, 9.17) is 9.47 Å². The molecule has 0 saturated heterocycles. The van der Waals surface area contributed by atoms with Crippen LogP contribution in [0.1, 0.15) is 18.1 Å². The maximum atomic E-state index is 12.3. The lowest BCUT2D eigenvalue weighted by atomic mass is 10.1. The highest BCUT2D eigenvalue weighted by Crippen LogP contribution is 2.43. The van der Waals surface area contributed by atoms with Crippen LogP contribution in [0.3, 0.4) is 0 Å². The number of rotatable bonds is 6.